The van der Waals surface area contributed by atoms with Crippen LogP contribution in [-0.4, -0.2) is 43.7 Å². The molecule has 1 N–H and O–H groups in total. The Bertz CT molecular complexity index is 1220. The summed E-state index contributed by atoms with van der Waals surface area (Å²) in [7, 11) is 1.61. The van der Waals surface area contributed by atoms with Gasteiger partial charge in [-0.05, 0) is 72.5 Å². The van der Waals surface area contributed by atoms with Gasteiger partial charge in [-0.1, -0.05) is 18.2 Å². The highest BCUT2D eigenvalue weighted by atomic mass is 16.7. The molecule has 7 nitrogen and oxygen atoms in total. The molecule has 180 valence electrons. The van der Waals surface area contributed by atoms with Crippen LogP contribution in [0.1, 0.15) is 50.6 Å². The summed E-state index contributed by atoms with van der Waals surface area (Å²) in [5.41, 5.74) is 3.29. The molecule has 0 spiro atoms. The van der Waals surface area contributed by atoms with Gasteiger partial charge in [-0.2, -0.15) is 0 Å². The minimum absolute atomic E-state index is 0.0231. The molecule has 2 aliphatic rings. The zero-order valence-corrected chi connectivity index (χ0v) is 19.7. The number of carbonyl (C=O) groups excluding carboxylic acids is 2. The normalized spacial score (nSPS) is 16.6. The number of amides is 2. The molecule has 1 atom stereocenters. The molecule has 7 heteroatoms. The van der Waals surface area contributed by atoms with E-state index in [2.05, 4.69) is 5.32 Å². The Morgan fingerprint density at radius 1 is 1.00 bits per heavy atom. The first-order valence-corrected chi connectivity index (χ1v) is 11.8. The summed E-state index contributed by atoms with van der Waals surface area (Å²) in [4.78, 5) is 27.8. The molecule has 3 aromatic rings. The summed E-state index contributed by atoms with van der Waals surface area (Å²) < 4.78 is 15.9. The van der Waals surface area contributed by atoms with Gasteiger partial charge in [0, 0.05) is 36.7 Å². The number of nitrogens with one attached hydrogen (secondary N) is 1. The van der Waals surface area contributed by atoms with Gasteiger partial charge in [0.25, 0.3) is 11.8 Å². The second-order valence-corrected chi connectivity index (χ2v) is 8.81. The van der Waals surface area contributed by atoms with Gasteiger partial charge in [0.05, 0.1) is 7.11 Å². The van der Waals surface area contributed by atoms with Crippen molar-refractivity contribution in [1.82, 2.24) is 10.2 Å². The molecule has 0 aliphatic carbocycles. The van der Waals surface area contributed by atoms with Crippen LogP contribution in [0.5, 0.6) is 17.2 Å². The lowest BCUT2D eigenvalue weighted by atomic mass is 9.89. The topological polar surface area (TPSA) is 77.1 Å². The second-order valence-electron chi connectivity index (χ2n) is 8.81. The summed E-state index contributed by atoms with van der Waals surface area (Å²) in [6.45, 7) is 1.99. The number of hydrogen-bond acceptors (Lipinski definition) is 5. The number of piperidine rings is 1. The van der Waals surface area contributed by atoms with E-state index >= 15 is 0 Å². The highest BCUT2D eigenvalue weighted by molar-refractivity contribution is 5.95. The predicted octanol–water partition coefficient (Wildman–Crippen LogP) is 4.37. The van der Waals surface area contributed by atoms with Crippen molar-refractivity contribution in [3.63, 3.8) is 0 Å². The molecule has 35 heavy (non-hydrogen) atoms. The Morgan fingerprint density at radius 3 is 2.66 bits per heavy atom. The number of hydrogen-bond donors (Lipinski definition) is 1. The Hall–Kier alpha value is -4.00. The van der Waals surface area contributed by atoms with E-state index in [0.29, 0.717) is 30.0 Å². The van der Waals surface area contributed by atoms with Crippen LogP contribution in [0, 0.1) is 0 Å². The number of ether oxygens (including phenoxy) is 3. The van der Waals surface area contributed by atoms with Crippen LogP contribution in [0.2, 0.25) is 0 Å². The minimum atomic E-state index is -0.133. The van der Waals surface area contributed by atoms with Gasteiger partial charge in [-0.3, -0.25) is 9.59 Å². The Morgan fingerprint density at radius 2 is 1.83 bits per heavy atom. The molecule has 0 unspecified atom stereocenters. The van der Waals surface area contributed by atoms with Crippen LogP contribution in [-0.2, 0) is 6.54 Å². The van der Waals surface area contributed by atoms with E-state index in [0.717, 1.165) is 42.0 Å². The van der Waals surface area contributed by atoms with Crippen LogP contribution in [0.25, 0.3) is 0 Å². The van der Waals surface area contributed by atoms with Crippen LogP contribution in [0.4, 0.5) is 0 Å². The average molecular weight is 473 g/mol. The van der Waals surface area contributed by atoms with E-state index in [1.807, 2.05) is 47.4 Å². The van der Waals surface area contributed by atoms with E-state index in [1.165, 1.54) is 0 Å². The number of likely N-dealkylation sites (tertiary alicyclic amines) is 1. The van der Waals surface area contributed by atoms with Crippen LogP contribution < -0.4 is 19.5 Å². The van der Waals surface area contributed by atoms with Crippen molar-refractivity contribution in [3.8, 4) is 17.2 Å². The molecule has 2 heterocycles. The van der Waals surface area contributed by atoms with Crippen LogP contribution in [0.15, 0.2) is 66.7 Å². The van der Waals surface area contributed by atoms with Crippen molar-refractivity contribution in [2.45, 2.75) is 25.3 Å². The number of nitrogens with zero attached hydrogens (tertiary/aromatic N) is 1. The van der Waals surface area contributed by atoms with Crippen molar-refractivity contribution in [2.75, 3.05) is 27.0 Å². The fourth-order valence-corrected chi connectivity index (χ4v) is 4.62. The summed E-state index contributed by atoms with van der Waals surface area (Å²) in [6, 6.07) is 20.6. The lowest BCUT2D eigenvalue weighted by Crippen LogP contribution is -2.39. The third-order valence-corrected chi connectivity index (χ3v) is 6.56. The van der Waals surface area contributed by atoms with Gasteiger partial charge >= 0.3 is 0 Å². The highest BCUT2D eigenvalue weighted by Gasteiger charge is 2.26. The number of fused-ring (bicyclic) bond motifs is 1. The summed E-state index contributed by atoms with van der Waals surface area (Å²) in [5.74, 6) is 2.23. The van der Waals surface area contributed by atoms with E-state index in [-0.39, 0.29) is 24.5 Å². The fourth-order valence-electron chi connectivity index (χ4n) is 4.62. The Labute approximate surface area is 204 Å². The van der Waals surface area contributed by atoms with Crippen molar-refractivity contribution < 1.29 is 23.8 Å². The van der Waals surface area contributed by atoms with E-state index in [4.69, 9.17) is 14.2 Å². The SMILES string of the molecule is COc1ccc(C(=O)N2CCC[C@H](c3cccc(C(=O)NCc4ccc5c(c4)OCO5)c3)C2)cc1. The summed E-state index contributed by atoms with van der Waals surface area (Å²) >= 11 is 0. The Kier molecular flexibility index (Phi) is 6.57. The molecule has 3 aromatic carbocycles. The summed E-state index contributed by atoms with van der Waals surface area (Å²) in [5, 5.41) is 2.98. The maximum absolute atomic E-state index is 13.0. The molecular weight excluding hydrogens is 444 g/mol. The maximum Gasteiger partial charge on any atom is 0.253 e. The lowest BCUT2D eigenvalue weighted by molar-refractivity contribution is 0.0706. The van der Waals surface area contributed by atoms with E-state index in [1.54, 1.807) is 31.4 Å². The predicted molar refractivity (Wildman–Crippen MR) is 131 cm³/mol. The van der Waals surface area contributed by atoms with E-state index in [9.17, 15) is 9.59 Å². The van der Waals surface area contributed by atoms with Crippen molar-refractivity contribution in [1.29, 1.82) is 0 Å². The number of rotatable bonds is 6. The first kappa shape index (κ1) is 22.8. The molecule has 2 aliphatic heterocycles. The Balaban J connectivity index is 1.22. The molecule has 2 amide bonds. The number of methoxy groups -OCH3 is 1. The van der Waals surface area contributed by atoms with Gasteiger partial charge in [0.1, 0.15) is 5.75 Å². The minimum Gasteiger partial charge on any atom is -0.497 e. The number of benzene rings is 3. The van der Waals surface area contributed by atoms with Crippen molar-refractivity contribution in [2.24, 2.45) is 0 Å². The smallest absolute Gasteiger partial charge is 0.253 e. The standard InChI is InChI=1S/C28H28N2O5/c1-33-24-10-8-20(9-11-24)28(32)30-13-3-6-23(17-30)21-4-2-5-22(15-21)27(31)29-16-19-7-12-25-26(14-19)35-18-34-25/h2,4-5,7-12,14-15,23H,3,6,13,16-18H2,1H3,(H,29,31)/t23-/m0/s1. The molecule has 5 rings (SSSR count). The quantitative estimate of drug-likeness (QED) is 0.576. The molecule has 0 bridgehead atoms. The first-order valence-electron chi connectivity index (χ1n) is 11.8. The van der Waals surface area contributed by atoms with Gasteiger partial charge < -0.3 is 24.4 Å². The van der Waals surface area contributed by atoms with Gasteiger partial charge in [0.2, 0.25) is 6.79 Å². The summed E-state index contributed by atoms with van der Waals surface area (Å²) in [6.07, 6.45) is 1.90. The van der Waals surface area contributed by atoms with Crippen LogP contribution >= 0.6 is 0 Å². The molecule has 1 fully saturated rings. The molecule has 1 saturated heterocycles. The first-order chi connectivity index (χ1) is 17.1. The monoisotopic (exact) mass is 472 g/mol. The zero-order chi connectivity index (χ0) is 24.2. The van der Waals surface area contributed by atoms with Crippen LogP contribution in [0.3, 0.4) is 0 Å². The maximum atomic E-state index is 13.0. The van der Waals surface area contributed by atoms with Crippen molar-refractivity contribution in [3.05, 3.63) is 89.0 Å². The second kappa shape index (κ2) is 10.1. The van der Waals surface area contributed by atoms with Crippen molar-refractivity contribution >= 4 is 11.8 Å². The molecule has 0 aromatic heterocycles. The highest BCUT2D eigenvalue weighted by Crippen LogP contribution is 2.32. The van der Waals surface area contributed by atoms with Gasteiger partial charge in [-0.15, -0.1) is 0 Å². The number of carbonyl (C=O) groups is 2. The fraction of sp³-hybridized carbons (Fsp3) is 0.286. The van der Waals surface area contributed by atoms with Gasteiger partial charge in [-0.25, -0.2) is 0 Å². The van der Waals surface area contributed by atoms with E-state index < -0.39 is 0 Å². The molecule has 0 saturated carbocycles. The molecular formula is C28H28N2O5. The average Bonchev–Trinajstić information content (AvgIpc) is 3.39. The zero-order valence-electron chi connectivity index (χ0n) is 19.7. The van der Waals surface area contributed by atoms with Gasteiger partial charge in [0.15, 0.2) is 11.5 Å². The third kappa shape index (κ3) is 5.09. The third-order valence-electron chi connectivity index (χ3n) is 6.56. The lowest BCUT2D eigenvalue weighted by Gasteiger charge is -2.33. The molecule has 0 radical (unpaired) electrons. The largest absolute Gasteiger partial charge is 0.497 e.